The Bertz CT molecular complexity index is 972. The van der Waals surface area contributed by atoms with E-state index in [2.05, 4.69) is 15.9 Å². The largest absolute Gasteiger partial charge is 0.435 e. The lowest BCUT2D eigenvalue weighted by Crippen LogP contribution is -2.38. The van der Waals surface area contributed by atoms with Gasteiger partial charge in [0, 0.05) is 10.6 Å². The number of halogens is 5. The molecule has 1 aromatic carbocycles. The molecule has 0 amide bonds. The quantitative estimate of drug-likeness (QED) is 0.502. The van der Waals surface area contributed by atoms with E-state index < -0.39 is 27.7 Å². The number of alkyl halides is 3. The minimum Gasteiger partial charge on any atom is -0.335 e. The minimum absolute atomic E-state index is 0.156. The van der Waals surface area contributed by atoms with E-state index in [1.165, 1.54) is 24.3 Å². The van der Waals surface area contributed by atoms with Crippen LogP contribution in [0.4, 0.5) is 13.2 Å². The van der Waals surface area contributed by atoms with Crippen molar-refractivity contribution in [1.82, 2.24) is 4.73 Å². The number of carbonyl (C=O) groups excluding carboxylic acids is 1. The lowest BCUT2D eigenvalue weighted by atomic mass is 9.76. The van der Waals surface area contributed by atoms with Gasteiger partial charge in [-0.2, -0.15) is 23.2 Å². The highest BCUT2D eigenvalue weighted by Gasteiger charge is 2.44. The van der Waals surface area contributed by atoms with Gasteiger partial charge in [0.15, 0.2) is 5.69 Å². The van der Waals surface area contributed by atoms with Crippen LogP contribution in [0.15, 0.2) is 28.7 Å². The van der Waals surface area contributed by atoms with E-state index in [1.54, 1.807) is 13.0 Å². The Kier molecular flexibility index (Phi) is 6.02. The molecular weight excluding hydrogens is 473 g/mol. The Morgan fingerprint density at radius 2 is 1.83 bits per heavy atom. The maximum atomic E-state index is 13.8. The molecule has 1 aromatic heterocycles. The highest BCUT2D eigenvalue weighted by atomic mass is 79.9. The highest BCUT2D eigenvalue weighted by Crippen LogP contribution is 2.43. The van der Waals surface area contributed by atoms with Gasteiger partial charge in [0.25, 0.3) is 0 Å². The maximum Gasteiger partial charge on any atom is 0.435 e. The third-order valence-corrected chi connectivity index (χ3v) is 6.22. The third-order valence-electron chi connectivity index (χ3n) is 5.19. The first kappa shape index (κ1) is 21.7. The summed E-state index contributed by atoms with van der Waals surface area (Å²) < 4.78 is 41.5. The van der Waals surface area contributed by atoms with Crippen LogP contribution in [-0.2, 0) is 11.0 Å². The fraction of sp³-hybridized carbons (Fsp3) is 0.400. The number of hydrogen-bond donors (Lipinski definition) is 0. The van der Waals surface area contributed by atoms with Gasteiger partial charge in [0.1, 0.15) is 11.8 Å². The van der Waals surface area contributed by atoms with Crippen molar-refractivity contribution in [2.45, 2.75) is 45.2 Å². The van der Waals surface area contributed by atoms with Crippen LogP contribution < -0.4 is 4.84 Å². The van der Waals surface area contributed by atoms with Gasteiger partial charge in [0.2, 0.25) is 0 Å². The molecule has 3 rings (SSSR count). The SMILES string of the molecule is CC1(C(=O)On2c(-c3ccc(Cl)cc3)c(C#N)c(Br)c2C(F)(F)F)CCCCC1. The second-order valence-corrected chi connectivity index (χ2v) is 8.53. The predicted molar refractivity (Wildman–Crippen MR) is 105 cm³/mol. The zero-order chi connectivity index (χ0) is 21.4. The van der Waals surface area contributed by atoms with E-state index in [1.807, 2.05) is 0 Å². The minimum atomic E-state index is -4.86. The molecule has 0 aliphatic heterocycles. The zero-order valence-electron chi connectivity index (χ0n) is 15.4. The van der Waals surface area contributed by atoms with E-state index in [-0.39, 0.29) is 16.8 Å². The topological polar surface area (TPSA) is 55.0 Å². The van der Waals surface area contributed by atoms with Crippen molar-refractivity contribution in [1.29, 1.82) is 5.26 Å². The summed E-state index contributed by atoms with van der Waals surface area (Å²) in [5.74, 6) is -0.745. The summed E-state index contributed by atoms with van der Waals surface area (Å²) >= 11 is 8.76. The summed E-state index contributed by atoms with van der Waals surface area (Å²) in [6, 6.07) is 7.69. The molecular formula is C20H17BrClF3N2O2. The van der Waals surface area contributed by atoms with Gasteiger partial charge in [0.05, 0.1) is 15.5 Å². The second-order valence-electron chi connectivity index (χ2n) is 7.30. The molecule has 1 aliphatic rings. The average Bonchev–Trinajstić information content (AvgIpc) is 2.94. The molecule has 2 aromatic rings. The summed E-state index contributed by atoms with van der Waals surface area (Å²) in [4.78, 5) is 18.2. The molecule has 0 atom stereocenters. The van der Waals surface area contributed by atoms with Crippen molar-refractivity contribution in [3.63, 3.8) is 0 Å². The van der Waals surface area contributed by atoms with Crippen LogP contribution in [0.25, 0.3) is 11.3 Å². The molecule has 4 nitrogen and oxygen atoms in total. The molecule has 0 unspecified atom stereocenters. The first-order chi connectivity index (χ1) is 13.6. The summed E-state index contributed by atoms with van der Waals surface area (Å²) in [5.41, 5.74) is -2.28. The van der Waals surface area contributed by atoms with Crippen LogP contribution >= 0.6 is 27.5 Å². The number of benzene rings is 1. The number of nitrogens with zero attached hydrogens (tertiary/aromatic N) is 2. The summed E-state index contributed by atoms with van der Waals surface area (Å²) in [7, 11) is 0. The molecule has 29 heavy (non-hydrogen) atoms. The van der Waals surface area contributed by atoms with E-state index in [4.69, 9.17) is 16.4 Å². The van der Waals surface area contributed by atoms with Crippen LogP contribution in [-0.4, -0.2) is 10.7 Å². The molecule has 1 saturated carbocycles. The van der Waals surface area contributed by atoms with Gasteiger partial charge < -0.3 is 4.84 Å². The van der Waals surface area contributed by atoms with Crippen molar-refractivity contribution in [3.8, 4) is 17.3 Å². The third kappa shape index (κ3) is 4.17. The Labute approximate surface area is 179 Å². The Morgan fingerprint density at radius 3 is 2.34 bits per heavy atom. The van der Waals surface area contributed by atoms with Crippen molar-refractivity contribution < 1.29 is 22.8 Å². The normalized spacial score (nSPS) is 16.3. The van der Waals surface area contributed by atoms with Crippen molar-refractivity contribution in [2.75, 3.05) is 0 Å². The number of carbonyl (C=O) groups is 1. The number of hydrogen-bond acceptors (Lipinski definition) is 3. The Morgan fingerprint density at radius 1 is 1.24 bits per heavy atom. The fourth-order valence-electron chi connectivity index (χ4n) is 3.56. The molecule has 1 aliphatic carbocycles. The number of rotatable bonds is 3. The van der Waals surface area contributed by atoms with Gasteiger partial charge in [-0.25, -0.2) is 4.79 Å². The lowest BCUT2D eigenvalue weighted by Gasteiger charge is -2.31. The van der Waals surface area contributed by atoms with Crippen molar-refractivity contribution >= 4 is 33.5 Å². The van der Waals surface area contributed by atoms with Gasteiger partial charge in [-0.1, -0.05) is 43.0 Å². The smallest absolute Gasteiger partial charge is 0.335 e. The Hall–Kier alpha value is -1.98. The average molecular weight is 490 g/mol. The van der Waals surface area contributed by atoms with Crippen LogP contribution in [0.3, 0.4) is 0 Å². The van der Waals surface area contributed by atoms with Crippen LogP contribution in [0.2, 0.25) is 5.02 Å². The van der Waals surface area contributed by atoms with Gasteiger partial charge in [-0.15, -0.1) is 0 Å². The first-order valence-electron chi connectivity index (χ1n) is 8.99. The molecule has 1 fully saturated rings. The van der Waals surface area contributed by atoms with Gasteiger partial charge in [-0.3, -0.25) is 0 Å². The fourth-order valence-corrected chi connectivity index (χ4v) is 4.34. The number of aromatic nitrogens is 1. The summed E-state index contributed by atoms with van der Waals surface area (Å²) in [5, 5.41) is 9.91. The molecule has 0 radical (unpaired) electrons. The van der Waals surface area contributed by atoms with E-state index in [0.717, 1.165) is 19.3 Å². The number of nitriles is 1. The molecule has 0 bridgehead atoms. The van der Waals surface area contributed by atoms with Crippen LogP contribution in [0.1, 0.15) is 50.3 Å². The molecule has 0 saturated heterocycles. The lowest BCUT2D eigenvalue weighted by molar-refractivity contribution is -0.168. The predicted octanol–water partition coefficient (Wildman–Crippen LogP) is 6.39. The van der Waals surface area contributed by atoms with Crippen LogP contribution in [0.5, 0.6) is 0 Å². The highest BCUT2D eigenvalue weighted by molar-refractivity contribution is 9.10. The Balaban J connectivity index is 2.19. The summed E-state index contributed by atoms with van der Waals surface area (Å²) in [6.45, 7) is 1.70. The van der Waals surface area contributed by atoms with E-state index in [9.17, 15) is 23.2 Å². The molecule has 9 heteroatoms. The standard InChI is InChI=1S/C20H17BrClF3N2O2/c1-19(9-3-2-4-10-19)18(28)29-27-16(12-5-7-13(22)8-6-12)14(11-26)15(21)17(27)20(23,24)25/h5-8H,2-4,9-10H2,1H3. The van der Waals surface area contributed by atoms with Crippen molar-refractivity contribution in [2.24, 2.45) is 5.41 Å². The van der Waals surface area contributed by atoms with E-state index in [0.29, 0.717) is 22.6 Å². The molecule has 1 heterocycles. The van der Waals surface area contributed by atoms with Crippen molar-refractivity contribution in [3.05, 3.63) is 45.0 Å². The van der Waals surface area contributed by atoms with Gasteiger partial charge in [-0.05, 0) is 47.8 Å². The zero-order valence-corrected chi connectivity index (χ0v) is 17.8. The van der Waals surface area contributed by atoms with Crippen LogP contribution in [0, 0.1) is 16.7 Å². The van der Waals surface area contributed by atoms with E-state index >= 15 is 0 Å². The molecule has 154 valence electrons. The second kappa shape index (κ2) is 8.04. The first-order valence-corrected chi connectivity index (χ1v) is 10.2. The molecule has 0 spiro atoms. The summed E-state index contributed by atoms with van der Waals surface area (Å²) in [6.07, 6.45) is -1.20. The molecule has 0 N–H and O–H groups in total. The monoisotopic (exact) mass is 488 g/mol. The maximum absolute atomic E-state index is 13.8. The van der Waals surface area contributed by atoms with Gasteiger partial charge >= 0.3 is 12.1 Å².